The molecule has 18 heavy (non-hydrogen) atoms. The summed E-state index contributed by atoms with van der Waals surface area (Å²) in [4.78, 5) is 12.1. The molecule has 0 aromatic carbocycles. The zero-order chi connectivity index (χ0) is 13.1. The first-order valence-corrected chi connectivity index (χ1v) is 7.38. The predicted octanol–water partition coefficient (Wildman–Crippen LogP) is 2.65. The van der Waals surface area contributed by atoms with E-state index in [1.165, 1.54) is 6.42 Å². The van der Waals surface area contributed by atoms with Gasteiger partial charge in [0.1, 0.15) is 5.54 Å². The van der Waals surface area contributed by atoms with Gasteiger partial charge < -0.3 is 5.11 Å². The van der Waals surface area contributed by atoms with Crippen molar-refractivity contribution in [3.63, 3.8) is 0 Å². The lowest BCUT2D eigenvalue weighted by atomic mass is 9.42. The molecule has 0 aliphatic heterocycles. The maximum atomic E-state index is 12.1. The predicted molar refractivity (Wildman–Crippen MR) is 70.3 cm³/mol. The quantitative estimate of drug-likeness (QED) is 0.810. The van der Waals surface area contributed by atoms with E-state index in [-0.39, 0.29) is 11.5 Å². The molecule has 102 valence electrons. The SMILES string of the molecule is CC(C)NC1(C(=O)O)C2C[C@H]3C[C@H](C2)CC1(C)C3. The van der Waals surface area contributed by atoms with Gasteiger partial charge in [-0.2, -0.15) is 0 Å². The summed E-state index contributed by atoms with van der Waals surface area (Å²) in [7, 11) is 0. The minimum absolute atomic E-state index is 0.0438. The van der Waals surface area contributed by atoms with Gasteiger partial charge in [-0.25, -0.2) is 0 Å². The molecule has 0 aromatic heterocycles. The van der Waals surface area contributed by atoms with Crippen LogP contribution in [0.15, 0.2) is 0 Å². The minimum Gasteiger partial charge on any atom is -0.480 e. The van der Waals surface area contributed by atoms with Gasteiger partial charge >= 0.3 is 5.97 Å². The molecule has 4 bridgehead atoms. The number of hydrogen-bond acceptors (Lipinski definition) is 2. The van der Waals surface area contributed by atoms with Crippen LogP contribution in [0.1, 0.15) is 52.9 Å². The zero-order valence-corrected chi connectivity index (χ0v) is 11.7. The molecule has 0 aromatic rings. The maximum Gasteiger partial charge on any atom is 0.324 e. The Kier molecular flexibility index (Phi) is 2.58. The molecule has 0 saturated heterocycles. The number of hydrogen-bond donors (Lipinski definition) is 2. The summed E-state index contributed by atoms with van der Waals surface area (Å²) in [6, 6.07) is 0.232. The second-order valence-corrected chi connectivity index (χ2v) is 7.52. The first kappa shape index (κ1) is 12.5. The molecule has 4 saturated carbocycles. The van der Waals surface area contributed by atoms with Gasteiger partial charge in [0.05, 0.1) is 0 Å². The molecule has 4 fully saturated rings. The van der Waals surface area contributed by atoms with Crippen LogP contribution in [0.25, 0.3) is 0 Å². The highest BCUT2D eigenvalue weighted by molar-refractivity contribution is 5.81. The fourth-order valence-electron chi connectivity index (χ4n) is 5.67. The molecule has 3 atom stereocenters. The third-order valence-corrected chi connectivity index (χ3v) is 5.80. The van der Waals surface area contributed by atoms with Gasteiger partial charge in [-0.1, -0.05) is 6.92 Å². The number of carbonyl (C=O) groups is 1. The van der Waals surface area contributed by atoms with Crippen LogP contribution in [-0.2, 0) is 4.79 Å². The molecular formula is C15H25NO2. The Labute approximate surface area is 109 Å². The summed E-state index contributed by atoms with van der Waals surface area (Å²) >= 11 is 0. The lowest BCUT2D eigenvalue weighted by Gasteiger charge is -2.65. The normalized spacial score (nSPS) is 49.9. The Hall–Kier alpha value is -0.570. The summed E-state index contributed by atoms with van der Waals surface area (Å²) in [5, 5.41) is 13.4. The van der Waals surface area contributed by atoms with Crippen molar-refractivity contribution in [2.45, 2.75) is 64.5 Å². The Morgan fingerprint density at radius 2 is 1.78 bits per heavy atom. The van der Waals surface area contributed by atoms with Crippen LogP contribution in [0.3, 0.4) is 0 Å². The highest BCUT2D eigenvalue weighted by atomic mass is 16.4. The van der Waals surface area contributed by atoms with E-state index in [0.29, 0.717) is 5.92 Å². The van der Waals surface area contributed by atoms with E-state index in [1.807, 2.05) is 0 Å². The number of aliphatic carboxylic acids is 1. The molecule has 0 radical (unpaired) electrons. The van der Waals surface area contributed by atoms with Crippen LogP contribution in [-0.4, -0.2) is 22.7 Å². The third kappa shape index (κ3) is 1.43. The van der Waals surface area contributed by atoms with Crippen LogP contribution in [0, 0.1) is 23.2 Å². The molecule has 4 aliphatic carbocycles. The zero-order valence-electron chi connectivity index (χ0n) is 11.7. The second-order valence-electron chi connectivity index (χ2n) is 7.52. The topological polar surface area (TPSA) is 49.3 Å². The monoisotopic (exact) mass is 251 g/mol. The summed E-state index contributed by atoms with van der Waals surface area (Å²) in [5.41, 5.74) is -0.716. The molecule has 0 heterocycles. The smallest absolute Gasteiger partial charge is 0.324 e. The number of carboxylic acid groups (broad SMARTS) is 1. The molecule has 4 aliphatic rings. The Morgan fingerprint density at radius 3 is 2.17 bits per heavy atom. The third-order valence-electron chi connectivity index (χ3n) is 5.80. The Balaban J connectivity index is 2.04. The van der Waals surface area contributed by atoms with E-state index in [0.717, 1.165) is 37.5 Å². The van der Waals surface area contributed by atoms with E-state index < -0.39 is 11.5 Å². The minimum atomic E-state index is -0.672. The molecule has 2 N–H and O–H groups in total. The van der Waals surface area contributed by atoms with Crippen molar-refractivity contribution in [3.05, 3.63) is 0 Å². The van der Waals surface area contributed by atoms with Crippen molar-refractivity contribution < 1.29 is 9.90 Å². The molecular weight excluding hydrogens is 226 g/mol. The van der Waals surface area contributed by atoms with E-state index in [9.17, 15) is 9.90 Å². The summed E-state index contributed by atoms with van der Waals surface area (Å²) in [6.07, 6.45) is 5.80. The molecule has 3 nitrogen and oxygen atoms in total. The van der Waals surface area contributed by atoms with Crippen molar-refractivity contribution in [2.75, 3.05) is 0 Å². The number of carboxylic acids is 1. The van der Waals surface area contributed by atoms with Crippen molar-refractivity contribution >= 4 is 5.97 Å². The number of rotatable bonds is 3. The first-order chi connectivity index (χ1) is 8.37. The fraction of sp³-hybridized carbons (Fsp3) is 0.933. The highest BCUT2D eigenvalue weighted by Gasteiger charge is 2.67. The van der Waals surface area contributed by atoms with Gasteiger partial charge in [-0.15, -0.1) is 0 Å². The van der Waals surface area contributed by atoms with Crippen molar-refractivity contribution in [1.82, 2.24) is 5.32 Å². The van der Waals surface area contributed by atoms with Crippen LogP contribution < -0.4 is 5.32 Å². The van der Waals surface area contributed by atoms with Gasteiger partial charge in [0.25, 0.3) is 0 Å². The van der Waals surface area contributed by atoms with Crippen molar-refractivity contribution in [2.24, 2.45) is 23.2 Å². The summed E-state index contributed by atoms with van der Waals surface area (Å²) in [6.45, 7) is 6.36. The van der Waals surface area contributed by atoms with Crippen LogP contribution in [0.5, 0.6) is 0 Å². The van der Waals surface area contributed by atoms with E-state index >= 15 is 0 Å². The van der Waals surface area contributed by atoms with Crippen LogP contribution in [0.2, 0.25) is 0 Å². The van der Waals surface area contributed by atoms with Crippen molar-refractivity contribution in [1.29, 1.82) is 0 Å². The van der Waals surface area contributed by atoms with Crippen LogP contribution in [0.4, 0.5) is 0 Å². The van der Waals surface area contributed by atoms with Gasteiger partial charge in [-0.05, 0) is 69.1 Å². The van der Waals surface area contributed by atoms with E-state index in [4.69, 9.17) is 0 Å². The van der Waals surface area contributed by atoms with Crippen molar-refractivity contribution in [3.8, 4) is 0 Å². The maximum absolute atomic E-state index is 12.1. The lowest BCUT2D eigenvalue weighted by Crippen LogP contribution is -2.74. The molecule has 3 heteroatoms. The van der Waals surface area contributed by atoms with E-state index in [2.05, 4.69) is 26.1 Å². The Morgan fingerprint density at radius 1 is 1.22 bits per heavy atom. The van der Waals surface area contributed by atoms with Gasteiger partial charge in [0, 0.05) is 6.04 Å². The largest absolute Gasteiger partial charge is 0.480 e. The fourth-order valence-corrected chi connectivity index (χ4v) is 5.67. The van der Waals surface area contributed by atoms with Gasteiger partial charge in [0.15, 0.2) is 0 Å². The van der Waals surface area contributed by atoms with Crippen LogP contribution >= 0.6 is 0 Å². The average molecular weight is 251 g/mol. The summed E-state index contributed by atoms with van der Waals surface area (Å²) < 4.78 is 0. The highest BCUT2D eigenvalue weighted by Crippen LogP contribution is 2.64. The standard InChI is InChI=1S/C15H25NO2/c1-9(2)16-15(13(17)18)12-5-10-4-11(6-12)8-14(15,3)7-10/h9-12,16H,4-8H2,1-3H3,(H,17,18)/t10-,11-,12?,14?,15?/m1/s1. The van der Waals surface area contributed by atoms with Gasteiger partial charge in [0.2, 0.25) is 0 Å². The Bertz CT molecular complexity index is 365. The first-order valence-electron chi connectivity index (χ1n) is 7.38. The average Bonchev–Trinajstić information content (AvgIpc) is 2.21. The molecule has 0 amide bonds. The summed E-state index contributed by atoms with van der Waals surface area (Å²) in [5.74, 6) is 1.30. The molecule has 4 rings (SSSR count). The lowest BCUT2D eigenvalue weighted by molar-refractivity contribution is -0.182. The van der Waals surface area contributed by atoms with Gasteiger partial charge in [-0.3, -0.25) is 10.1 Å². The molecule has 0 spiro atoms. The second kappa shape index (κ2) is 3.72. The van der Waals surface area contributed by atoms with E-state index in [1.54, 1.807) is 0 Å². The number of nitrogens with one attached hydrogen (secondary N) is 1. The molecule has 1 unspecified atom stereocenters.